The molecule has 1 unspecified atom stereocenters. The number of hydrogen-bond donors (Lipinski definition) is 0. The van der Waals surface area contributed by atoms with Crippen molar-refractivity contribution in [2.24, 2.45) is 5.92 Å². The predicted molar refractivity (Wildman–Crippen MR) is 55.8 cm³/mol. The van der Waals surface area contributed by atoms with E-state index in [0.29, 0.717) is 4.83 Å². The zero-order valence-electron chi connectivity index (χ0n) is 6.63. The zero-order valence-corrected chi connectivity index (χ0v) is 8.98. The Hall–Kier alpha value is -0.0100. The Labute approximate surface area is 86.1 Å². The van der Waals surface area contributed by atoms with Gasteiger partial charge in [-0.05, 0) is 36.5 Å². The van der Waals surface area contributed by atoms with Gasteiger partial charge in [-0.2, -0.15) is 0 Å². The fraction of sp³-hybridized carbons (Fsp3) is 0.400. The highest BCUT2D eigenvalue weighted by Gasteiger charge is 2.30. The van der Waals surface area contributed by atoms with Crippen molar-refractivity contribution in [3.05, 3.63) is 34.9 Å². The van der Waals surface area contributed by atoms with E-state index in [1.807, 2.05) is 12.1 Å². The first-order valence-electron chi connectivity index (χ1n) is 4.17. The molecule has 0 radical (unpaired) electrons. The molecule has 2 rings (SSSR count). The molecule has 0 spiro atoms. The van der Waals surface area contributed by atoms with Crippen LogP contribution >= 0.6 is 27.5 Å². The maximum atomic E-state index is 5.80. The first-order valence-corrected chi connectivity index (χ1v) is 5.46. The maximum Gasteiger partial charge on any atom is 0.0423 e. The Morgan fingerprint density at radius 3 is 2.33 bits per heavy atom. The second-order valence-corrected chi connectivity index (χ2v) is 4.71. The summed E-state index contributed by atoms with van der Waals surface area (Å²) in [6.07, 6.45) is 2.72. The largest absolute Gasteiger partial charge is 0.0843 e. The van der Waals surface area contributed by atoms with Crippen LogP contribution in [0.15, 0.2) is 24.3 Å². The normalized spacial score (nSPS) is 19.2. The molecular formula is C10H10BrCl. The second-order valence-electron chi connectivity index (χ2n) is 3.29. The van der Waals surface area contributed by atoms with Crippen molar-refractivity contribution in [3.8, 4) is 0 Å². The molecule has 0 N–H and O–H groups in total. The van der Waals surface area contributed by atoms with Crippen LogP contribution in [0.1, 0.15) is 23.2 Å². The Kier molecular flexibility index (Phi) is 2.42. The maximum absolute atomic E-state index is 5.80. The summed E-state index contributed by atoms with van der Waals surface area (Å²) in [6.45, 7) is 0. The van der Waals surface area contributed by atoms with Gasteiger partial charge in [-0.3, -0.25) is 0 Å². The summed E-state index contributed by atoms with van der Waals surface area (Å²) in [5, 5.41) is 0.814. The molecule has 0 bridgehead atoms. The molecule has 0 saturated heterocycles. The third-order valence-corrected chi connectivity index (χ3v) is 3.75. The van der Waals surface area contributed by atoms with Crippen molar-refractivity contribution in [1.29, 1.82) is 0 Å². The lowest BCUT2D eigenvalue weighted by Gasteiger charge is -2.07. The summed E-state index contributed by atoms with van der Waals surface area (Å²) in [5.41, 5.74) is 1.35. The van der Waals surface area contributed by atoms with Crippen molar-refractivity contribution in [1.82, 2.24) is 0 Å². The molecule has 0 nitrogen and oxygen atoms in total. The van der Waals surface area contributed by atoms with Crippen molar-refractivity contribution in [3.63, 3.8) is 0 Å². The summed E-state index contributed by atoms with van der Waals surface area (Å²) in [7, 11) is 0. The van der Waals surface area contributed by atoms with E-state index in [1.165, 1.54) is 18.4 Å². The third-order valence-electron chi connectivity index (χ3n) is 2.22. The van der Waals surface area contributed by atoms with Gasteiger partial charge in [0.2, 0.25) is 0 Å². The van der Waals surface area contributed by atoms with Gasteiger partial charge in [-0.15, -0.1) is 0 Å². The fourth-order valence-electron chi connectivity index (χ4n) is 1.31. The molecule has 0 aromatic heterocycles. The number of benzene rings is 1. The van der Waals surface area contributed by atoms with E-state index in [9.17, 15) is 0 Å². The summed E-state index contributed by atoms with van der Waals surface area (Å²) in [5.74, 6) is 0.853. The van der Waals surface area contributed by atoms with E-state index in [0.717, 1.165) is 10.9 Å². The minimum absolute atomic E-state index is 0.537. The first-order chi connectivity index (χ1) is 5.77. The Bertz CT molecular complexity index is 264. The smallest absolute Gasteiger partial charge is 0.0423 e. The van der Waals surface area contributed by atoms with Gasteiger partial charge < -0.3 is 0 Å². The van der Waals surface area contributed by atoms with Crippen LogP contribution in [0.2, 0.25) is 5.02 Å². The van der Waals surface area contributed by atoms with Crippen molar-refractivity contribution < 1.29 is 0 Å². The average molecular weight is 246 g/mol. The van der Waals surface area contributed by atoms with Crippen LogP contribution in [-0.4, -0.2) is 0 Å². The Morgan fingerprint density at radius 1 is 1.25 bits per heavy atom. The second kappa shape index (κ2) is 3.39. The topological polar surface area (TPSA) is 0 Å². The minimum atomic E-state index is 0.537. The zero-order chi connectivity index (χ0) is 8.55. The molecule has 1 saturated carbocycles. The lowest BCUT2D eigenvalue weighted by atomic mass is 10.1. The monoisotopic (exact) mass is 244 g/mol. The molecule has 64 valence electrons. The fourth-order valence-corrected chi connectivity index (χ4v) is 2.27. The average Bonchev–Trinajstić information content (AvgIpc) is 2.87. The quantitative estimate of drug-likeness (QED) is 0.686. The van der Waals surface area contributed by atoms with Gasteiger partial charge in [0.05, 0.1) is 0 Å². The lowest BCUT2D eigenvalue weighted by molar-refractivity contribution is 0.823. The standard InChI is InChI=1S/C10H10BrCl/c11-10(7-1-2-7)8-3-5-9(12)6-4-8/h3-7,10H,1-2H2. The predicted octanol–water partition coefficient (Wildman–Crippen LogP) is 4.19. The van der Waals surface area contributed by atoms with Gasteiger partial charge in [0.25, 0.3) is 0 Å². The molecule has 1 aliphatic carbocycles. The molecule has 0 amide bonds. The molecule has 0 heterocycles. The molecule has 1 aromatic rings. The van der Waals surface area contributed by atoms with Crippen LogP contribution in [0.3, 0.4) is 0 Å². The van der Waals surface area contributed by atoms with Gasteiger partial charge in [-0.1, -0.05) is 39.7 Å². The number of alkyl halides is 1. The van der Waals surface area contributed by atoms with E-state index in [2.05, 4.69) is 28.1 Å². The lowest BCUT2D eigenvalue weighted by Crippen LogP contribution is -1.90. The molecule has 2 heteroatoms. The molecule has 1 fully saturated rings. The number of halogens is 2. The minimum Gasteiger partial charge on any atom is -0.0843 e. The first kappa shape index (κ1) is 8.58. The molecule has 1 atom stereocenters. The van der Waals surface area contributed by atoms with Crippen LogP contribution in [0.4, 0.5) is 0 Å². The molecule has 1 aromatic carbocycles. The van der Waals surface area contributed by atoms with Crippen LogP contribution in [0, 0.1) is 5.92 Å². The van der Waals surface area contributed by atoms with E-state index in [4.69, 9.17) is 11.6 Å². The van der Waals surface area contributed by atoms with Crippen molar-refractivity contribution >= 4 is 27.5 Å². The van der Waals surface area contributed by atoms with Crippen LogP contribution in [0.5, 0.6) is 0 Å². The van der Waals surface area contributed by atoms with Crippen molar-refractivity contribution in [2.45, 2.75) is 17.7 Å². The van der Waals surface area contributed by atoms with Gasteiger partial charge >= 0.3 is 0 Å². The van der Waals surface area contributed by atoms with Gasteiger partial charge in [0.1, 0.15) is 0 Å². The van der Waals surface area contributed by atoms with Gasteiger partial charge in [0.15, 0.2) is 0 Å². The van der Waals surface area contributed by atoms with Gasteiger partial charge in [-0.25, -0.2) is 0 Å². The summed E-state index contributed by atoms with van der Waals surface area (Å²) >= 11 is 9.49. The van der Waals surface area contributed by atoms with Crippen LogP contribution in [0.25, 0.3) is 0 Å². The summed E-state index contributed by atoms with van der Waals surface area (Å²) < 4.78 is 0. The van der Waals surface area contributed by atoms with Crippen molar-refractivity contribution in [2.75, 3.05) is 0 Å². The van der Waals surface area contributed by atoms with E-state index in [-0.39, 0.29) is 0 Å². The van der Waals surface area contributed by atoms with E-state index < -0.39 is 0 Å². The molecular weight excluding hydrogens is 235 g/mol. The summed E-state index contributed by atoms with van der Waals surface area (Å²) in [4.78, 5) is 0.537. The Morgan fingerprint density at radius 2 is 1.83 bits per heavy atom. The highest BCUT2D eigenvalue weighted by atomic mass is 79.9. The Balaban J connectivity index is 2.16. The van der Waals surface area contributed by atoms with Gasteiger partial charge in [0, 0.05) is 9.85 Å². The molecule has 12 heavy (non-hydrogen) atoms. The number of hydrogen-bond acceptors (Lipinski definition) is 0. The van der Waals surface area contributed by atoms with Crippen LogP contribution in [-0.2, 0) is 0 Å². The highest BCUT2D eigenvalue weighted by molar-refractivity contribution is 9.09. The molecule has 0 aliphatic heterocycles. The van der Waals surface area contributed by atoms with E-state index >= 15 is 0 Å². The summed E-state index contributed by atoms with van der Waals surface area (Å²) in [6, 6.07) is 8.10. The third kappa shape index (κ3) is 1.83. The number of rotatable bonds is 2. The highest BCUT2D eigenvalue weighted by Crippen LogP contribution is 2.46. The molecule has 1 aliphatic rings. The van der Waals surface area contributed by atoms with Crippen LogP contribution < -0.4 is 0 Å². The van der Waals surface area contributed by atoms with E-state index in [1.54, 1.807) is 0 Å². The SMILES string of the molecule is Clc1ccc(C(Br)C2CC2)cc1.